The van der Waals surface area contributed by atoms with Gasteiger partial charge in [0.2, 0.25) is 21.7 Å². The first kappa shape index (κ1) is 18.5. The van der Waals surface area contributed by atoms with Crippen LogP contribution in [0.5, 0.6) is 0 Å². The lowest BCUT2D eigenvalue weighted by molar-refractivity contribution is -0.137. The molecule has 0 amide bonds. The lowest BCUT2D eigenvalue weighted by Gasteiger charge is -2.35. The third-order valence-corrected chi connectivity index (χ3v) is 6.10. The van der Waals surface area contributed by atoms with E-state index in [1.54, 1.807) is 0 Å². The van der Waals surface area contributed by atoms with E-state index in [0.717, 1.165) is 28.6 Å². The molecule has 4 rings (SSSR count). The number of hydrogen-bond acceptors (Lipinski definition) is 7. The van der Waals surface area contributed by atoms with Crippen molar-refractivity contribution in [1.29, 1.82) is 0 Å². The van der Waals surface area contributed by atoms with Crippen LogP contribution in [0.1, 0.15) is 17.4 Å². The van der Waals surface area contributed by atoms with Crippen LogP contribution in [0.2, 0.25) is 0 Å². The zero-order valence-electron chi connectivity index (χ0n) is 14.0. The van der Waals surface area contributed by atoms with E-state index < -0.39 is 21.8 Å². The van der Waals surface area contributed by atoms with E-state index in [1.165, 1.54) is 18.6 Å². The number of benzene rings is 1. The van der Waals surface area contributed by atoms with Crippen molar-refractivity contribution in [3.8, 4) is 11.5 Å². The fourth-order valence-electron chi connectivity index (χ4n) is 2.68. The van der Waals surface area contributed by atoms with E-state index in [9.17, 15) is 21.6 Å². The van der Waals surface area contributed by atoms with Crippen LogP contribution in [-0.4, -0.2) is 45.9 Å². The van der Waals surface area contributed by atoms with Crippen molar-refractivity contribution in [1.82, 2.24) is 24.4 Å². The fraction of sp³-hybridized carbons (Fsp3) is 0.250. The predicted molar refractivity (Wildman–Crippen MR) is 88.3 cm³/mol. The van der Waals surface area contributed by atoms with Gasteiger partial charge in [-0.1, -0.05) is 5.16 Å². The molecule has 0 atom stereocenters. The minimum atomic E-state index is -4.52. The van der Waals surface area contributed by atoms with E-state index in [1.807, 2.05) is 0 Å². The average Bonchev–Trinajstić information content (AvgIpc) is 3.10. The van der Waals surface area contributed by atoms with E-state index in [2.05, 4.69) is 20.1 Å². The molecule has 146 valence electrons. The smallest absolute Gasteiger partial charge is 0.339 e. The lowest BCUT2D eigenvalue weighted by atomic mass is 10.0. The molecule has 12 heteroatoms. The van der Waals surface area contributed by atoms with Crippen LogP contribution >= 0.6 is 0 Å². The second-order valence-electron chi connectivity index (χ2n) is 6.09. The Bertz CT molecular complexity index is 1080. The van der Waals surface area contributed by atoms with Gasteiger partial charge < -0.3 is 4.52 Å². The Balaban J connectivity index is 1.45. The Hall–Kier alpha value is -2.86. The maximum absolute atomic E-state index is 12.6. The Morgan fingerprint density at radius 3 is 2.43 bits per heavy atom. The van der Waals surface area contributed by atoms with Crippen molar-refractivity contribution in [2.75, 3.05) is 13.1 Å². The number of alkyl halides is 3. The van der Waals surface area contributed by atoms with Crippen LogP contribution < -0.4 is 0 Å². The Labute approximate surface area is 157 Å². The third kappa shape index (κ3) is 3.36. The van der Waals surface area contributed by atoms with Crippen LogP contribution in [0.4, 0.5) is 13.2 Å². The molecule has 0 bridgehead atoms. The highest BCUT2D eigenvalue weighted by atomic mass is 32.2. The Morgan fingerprint density at radius 1 is 1.11 bits per heavy atom. The van der Waals surface area contributed by atoms with Gasteiger partial charge in [0.15, 0.2) is 0 Å². The first-order valence-electron chi connectivity index (χ1n) is 8.02. The van der Waals surface area contributed by atoms with Crippen LogP contribution in [0.25, 0.3) is 11.5 Å². The van der Waals surface area contributed by atoms with E-state index in [0.29, 0.717) is 5.69 Å². The molecule has 0 radical (unpaired) electrons. The summed E-state index contributed by atoms with van der Waals surface area (Å²) in [7, 11) is -3.90. The topological polar surface area (TPSA) is 102 Å². The minimum absolute atomic E-state index is 0.0887. The zero-order valence-corrected chi connectivity index (χ0v) is 14.9. The quantitative estimate of drug-likeness (QED) is 0.649. The molecule has 3 aromatic rings. The number of aromatic nitrogens is 4. The van der Waals surface area contributed by atoms with Crippen molar-refractivity contribution in [2.24, 2.45) is 0 Å². The van der Waals surface area contributed by atoms with Gasteiger partial charge in [0, 0.05) is 25.5 Å². The van der Waals surface area contributed by atoms with Crippen molar-refractivity contribution in [2.45, 2.75) is 17.0 Å². The molecule has 1 fully saturated rings. The maximum atomic E-state index is 12.6. The number of nitrogens with zero attached hydrogens (tertiary/aromatic N) is 5. The average molecular weight is 411 g/mol. The maximum Gasteiger partial charge on any atom is 0.416 e. The van der Waals surface area contributed by atoms with Crippen LogP contribution in [0.15, 0.2) is 52.3 Å². The summed E-state index contributed by atoms with van der Waals surface area (Å²) < 4.78 is 69.3. The molecule has 0 spiro atoms. The van der Waals surface area contributed by atoms with Gasteiger partial charge in [-0.3, -0.25) is 4.98 Å². The summed E-state index contributed by atoms with van der Waals surface area (Å²) in [6.07, 6.45) is -0.0762. The molecule has 28 heavy (non-hydrogen) atoms. The summed E-state index contributed by atoms with van der Waals surface area (Å²) in [4.78, 5) is 12.0. The lowest BCUT2D eigenvalue weighted by Crippen LogP contribution is -2.48. The highest BCUT2D eigenvalue weighted by molar-refractivity contribution is 7.89. The molecule has 0 unspecified atom stereocenters. The molecule has 0 N–H and O–H groups in total. The number of halogens is 3. The highest BCUT2D eigenvalue weighted by Gasteiger charge is 2.41. The molecule has 0 aliphatic carbocycles. The second-order valence-corrected chi connectivity index (χ2v) is 8.03. The van der Waals surface area contributed by atoms with Gasteiger partial charge in [0.05, 0.1) is 22.6 Å². The molecule has 0 saturated carbocycles. The summed E-state index contributed by atoms with van der Waals surface area (Å²) in [6.45, 7) is 0.177. The molecule has 2 aromatic heterocycles. The molecular formula is C16H12F3N5O3S. The number of hydrogen-bond donors (Lipinski definition) is 0. The summed E-state index contributed by atoms with van der Waals surface area (Å²) >= 11 is 0. The predicted octanol–water partition coefficient (Wildman–Crippen LogP) is 2.33. The first-order valence-corrected chi connectivity index (χ1v) is 9.46. The molecular weight excluding hydrogens is 399 g/mol. The van der Waals surface area contributed by atoms with Crippen molar-refractivity contribution in [3.05, 3.63) is 54.3 Å². The fourth-order valence-corrected chi connectivity index (χ4v) is 4.21. The molecule has 3 heterocycles. The molecule has 1 saturated heterocycles. The van der Waals surface area contributed by atoms with Crippen LogP contribution in [-0.2, 0) is 16.2 Å². The van der Waals surface area contributed by atoms with Gasteiger partial charge in [-0.2, -0.15) is 22.5 Å². The Kier molecular flexibility index (Phi) is 4.38. The number of rotatable bonds is 4. The monoisotopic (exact) mass is 411 g/mol. The molecule has 1 aromatic carbocycles. The van der Waals surface area contributed by atoms with E-state index >= 15 is 0 Å². The third-order valence-electron chi connectivity index (χ3n) is 4.25. The molecule has 8 nitrogen and oxygen atoms in total. The van der Waals surface area contributed by atoms with E-state index in [4.69, 9.17) is 4.52 Å². The van der Waals surface area contributed by atoms with Gasteiger partial charge in [-0.05, 0) is 24.3 Å². The van der Waals surface area contributed by atoms with Crippen LogP contribution in [0.3, 0.4) is 0 Å². The minimum Gasteiger partial charge on any atom is -0.339 e. The Morgan fingerprint density at radius 2 is 1.82 bits per heavy atom. The SMILES string of the molecule is O=S(=O)(c1ccc(C(F)(F)F)cc1)N1CC(c2nc(-c3cnccn3)no2)C1. The summed E-state index contributed by atoms with van der Waals surface area (Å²) in [5.74, 6) is 0.203. The van der Waals surface area contributed by atoms with Crippen molar-refractivity contribution < 1.29 is 26.1 Å². The van der Waals surface area contributed by atoms with Gasteiger partial charge >= 0.3 is 6.18 Å². The van der Waals surface area contributed by atoms with Gasteiger partial charge in [0.1, 0.15) is 5.69 Å². The van der Waals surface area contributed by atoms with Crippen LogP contribution in [0, 0.1) is 0 Å². The number of sulfonamides is 1. The normalized spacial score (nSPS) is 16.1. The van der Waals surface area contributed by atoms with Crippen molar-refractivity contribution in [3.63, 3.8) is 0 Å². The van der Waals surface area contributed by atoms with Gasteiger partial charge in [-0.25, -0.2) is 13.4 Å². The second kappa shape index (κ2) is 6.63. The van der Waals surface area contributed by atoms with Gasteiger partial charge in [-0.15, -0.1) is 0 Å². The van der Waals surface area contributed by atoms with Gasteiger partial charge in [0.25, 0.3) is 0 Å². The largest absolute Gasteiger partial charge is 0.416 e. The molecule has 1 aliphatic heterocycles. The summed E-state index contributed by atoms with van der Waals surface area (Å²) in [5, 5.41) is 3.80. The first-order chi connectivity index (χ1) is 13.2. The van der Waals surface area contributed by atoms with E-state index in [-0.39, 0.29) is 35.6 Å². The van der Waals surface area contributed by atoms with Crippen molar-refractivity contribution >= 4 is 10.0 Å². The zero-order chi connectivity index (χ0) is 19.9. The molecule has 1 aliphatic rings. The highest BCUT2D eigenvalue weighted by Crippen LogP contribution is 2.34. The summed E-state index contributed by atoms with van der Waals surface area (Å²) in [6, 6.07) is 3.39. The summed E-state index contributed by atoms with van der Waals surface area (Å²) in [5.41, 5.74) is -0.485. The standard InChI is InChI=1S/C16H12F3N5O3S/c17-16(18,19)11-1-3-12(4-2-11)28(25,26)24-8-10(9-24)15-22-14(23-27-15)13-7-20-5-6-21-13/h1-7,10H,8-9H2.